The molecule has 0 unspecified atom stereocenters. The van der Waals surface area contributed by atoms with Crippen LogP contribution in [-0.4, -0.2) is 132 Å². The van der Waals surface area contributed by atoms with Crippen LogP contribution < -0.4 is 30.1 Å². The Hall–Kier alpha value is -4.22. The van der Waals surface area contributed by atoms with Crippen LogP contribution in [0.3, 0.4) is 0 Å². The largest absolute Gasteiger partial charge is 0.493 e. The fraction of sp³-hybridized carbons (Fsp3) is 0.500. The molecule has 0 radical (unpaired) electrons. The second kappa shape index (κ2) is 25.7. The van der Waals surface area contributed by atoms with E-state index in [4.69, 9.17) is 4.74 Å². The average molecular weight is 738 g/mol. The number of hydrogen-bond donors (Lipinski definition) is 2. The van der Waals surface area contributed by atoms with Crippen molar-refractivity contribution in [2.24, 2.45) is 5.92 Å². The Morgan fingerprint density at radius 2 is 1.02 bits per heavy atom. The molecule has 4 aliphatic heterocycles. The Balaban J connectivity index is 0.000000158. The molecule has 0 bridgehead atoms. The third-order valence-electron chi connectivity index (χ3n) is 9.93. The summed E-state index contributed by atoms with van der Waals surface area (Å²) < 4.78 is 5.72. The molecule has 0 atom stereocenters. The summed E-state index contributed by atoms with van der Waals surface area (Å²) in [6, 6.07) is 31.3. The van der Waals surface area contributed by atoms with E-state index in [1.807, 2.05) is 50.4 Å². The number of piperazine rings is 3. The van der Waals surface area contributed by atoms with E-state index < -0.39 is 0 Å². The molecule has 1 aromatic heterocycles. The van der Waals surface area contributed by atoms with Crippen molar-refractivity contribution in [1.82, 2.24) is 30.4 Å². The Kier molecular flexibility index (Phi) is 20.3. The topological polar surface area (TPSA) is 75.3 Å². The predicted molar refractivity (Wildman–Crippen MR) is 228 cm³/mol. The lowest BCUT2D eigenvalue weighted by Crippen LogP contribution is -2.44. The van der Waals surface area contributed by atoms with Crippen molar-refractivity contribution in [2.75, 3.05) is 127 Å². The summed E-state index contributed by atoms with van der Waals surface area (Å²) >= 11 is 0. The Morgan fingerprint density at radius 3 is 1.52 bits per heavy atom. The highest BCUT2D eigenvalue weighted by atomic mass is 16.5. The lowest BCUT2D eigenvalue weighted by atomic mass is 9.99. The molecule has 4 aliphatic rings. The lowest BCUT2D eigenvalue weighted by molar-refractivity contribution is 0.215. The van der Waals surface area contributed by atoms with E-state index in [1.54, 1.807) is 12.4 Å². The summed E-state index contributed by atoms with van der Waals surface area (Å²) in [5, 5.41) is 6.70. The third kappa shape index (κ3) is 16.0. The number of nitrogens with zero attached hydrogens (tertiary/aromatic N) is 7. The van der Waals surface area contributed by atoms with Gasteiger partial charge in [-0.05, 0) is 82.3 Å². The van der Waals surface area contributed by atoms with Crippen LogP contribution in [0.5, 0.6) is 5.75 Å². The van der Waals surface area contributed by atoms with Gasteiger partial charge in [-0.3, -0.25) is 4.98 Å². The van der Waals surface area contributed by atoms with E-state index in [0.717, 1.165) is 103 Å². The van der Waals surface area contributed by atoms with Gasteiger partial charge in [-0.1, -0.05) is 68.4 Å². The number of piperidine rings is 1. The van der Waals surface area contributed by atoms with Gasteiger partial charge >= 0.3 is 0 Å². The normalized spacial score (nSPS) is 17.9. The first-order valence-corrected chi connectivity index (χ1v) is 20.2. The van der Waals surface area contributed by atoms with Crippen LogP contribution in [0.4, 0.5) is 17.2 Å². The van der Waals surface area contributed by atoms with Crippen LogP contribution in [0, 0.1) is 5.92 Å². The Labute approximate surface area is 326 Å². The van der Waals surface area contributed by atoms with E-state index in [-0.39, 0.29) is 0 Å². The van der Waals surface area contributed by atoms with Crippen LogP contribution in [0.15, 0.2) is 110 Å². The molecular formula is C44H67N9O. The van der Waals surface area contributed by atoms with E-state index in [2.05, 4.69) is 120 Å². The SMILES string of the molecule is CC.CN1CCN(c2ccccc2)CC1.CN1CCN(c2cnccn2)CC1.c1ccc(N2CCNCC2)cc1.c1ccc(OCC2CCNCC2)cc1. The number of nitrogens with one attached hydrogen (secondary N) is 2. The molecule has 4 saturated heterocycles. The zero-order valence-electron chi connectivity index (χ0n) is 33.5. The number of rotatable bonds is 6. The molecule has 0 spiro atoms. The van der Waals surface area contributed by atoms with Crippen molar-refractivity contribution in [3.8, 4) is 5.75 Å². The number of benzene rings is 3. The van der Waals surface area contributed by atoms with Crippen LogP contribution in [0.25, 0.3) is 0 Å². The van der Waals surface area contributed by atoms with E-state index in [0.29, 0.717) is 0 Å². The van der Waals surface area contributed by atoms with Gasteiger partial charge in [0, 0.05) is 102 Å². The minimum atomic E-state index is 0.733. The van der Waals surface area contributed by atoms with Gasteiger partial charge in [0.05, 0.1) is 12.8 Å². The predicted octanol–water partition coefficient (Wildman–Crippen LogP) is 5.85. The first kappa shape index (κ1) is 42.5. The highest BCUT2D eigenvalue weighted by Gasteiger charge is 2.16. The summed E-state index contributed by atoms with van der Waals surface area (Å²) in [6.07, 6.45) is 7.76. The Morgan fingerprint density at radius 1 is 0.556 bits per heavy atom. The van der Waals surface area contributed by atoms with Crippen molar-refractivity contribution < 1.29 is 4.74 Å². The van der Waals surface area contributed by atoms with Crippen molar-refractivity contribution >= 4 is 17.2 Å². The second-order valence-electron chi connectivity index (χ2n) is 13.9. The number of anilines is 3. The number of para-hydroxylation sites is 3. The van der Waals surface area contributed by atoms with Gasteiger partial charge in [-0.15, -0.1) is 0 Å². The molecule has 0 saturated carbocycles. The molecule has 0 amide bonds. The smallest absolute Gasteiger partial charge is 0.147 e. The molecule has 2 N–H and O–H groups in total. The highest BCUT2D eigenvalue weighted by molar-refractivity contribution is 5.47. The van der Waals surface area contributed by atoms with Crippen molar-refractivity contribution in [2.45, 2.75) is 26.7 Å². The molecule has 54 heavy (non-hydrogen) atoms. The number of hydrogen-bond acceptors (Lipinski definition) is 10. The molecule has 10 nitrogen and oxygen atoms in total. The molecule has 4 aromatic rings. The van der Waals surface area contributed by atoms with Gasteiger partial charge in [0.15, 0.2) is 0 Å². The van der Waals surface area contributed by atoms with E-state index in [1.165, 1.54) is 37.3 Å². The summed E-state index contributed by atoms with van der Waals surface area (Å²) in [6.45, 7) is 20.6. The maximum atomic E-state index is 5.72. The lowest BCUT2D eigenvalue weighted by Gasteiger charge is -2.33. The molecule has 10 heteroatoms. The summed E-state index contributed by atoms with van der Waals surface area (Å²) in [7, 11) is 4.33. The molecule has 0 aliphatic carbocycles. The van der Waals surface area contributed by atoms with Gasteiger partial charge in [-0.25, -0.2) is 4.98 Å². The van der Waals surface area contributed by atoms with Crippen LogP contribution in [-0.2, 0) is 0 Å². The van der Waals surface area contributed by atoms with Gasteiger partial charge < -0.3 is 39.9 Å². The maximum Gasteiger partial charge on any atom is 0.147 e. The van der Waals surface area contributed by atoms with Crippen LogP contribution in [0.1, 0.15) is 26.7 Å². The van der Waals surface area contributed by atoms with Gasteiger partial charge in [-0.2, -0.15) is 0 Å². The molecule has 4 fully saturated rings. The zero-order valence-corrected chi connectivity index (χ0v) is 33.5. The van der Waals surface area contributed by atoms with Gasteiger partial charge in [0.2, 0.25) is 0 Å². The minimum absolute atomic E-state index is 0.733. The molecular weight excluding hydrogens is 671 g/mol. The number of ether oxygens (including phenoxy) is 1. The first-order chi connectivity index (χ1) is 26.6. The summed E-state index contributed by atoms with van der Waals surface area (Å²) in [4.78, 5) is 20.2. The number of aromatic nitrogens is 2. The zero-order chi connectivity index (χ0) is 38.1. The molecule has 294 valence electrons. The van der Waals surface area contributed by atoms with E-state index in [9.17, 15) is 0 Å². The maximum absolute atomic E-state index is 5.72. The number of likely N-dealkylation sites (N-methyl/N-ethyl adjacent to an activating group) is 2. The van der Waals surface area contributed by atoms with Crippen molar-refractivity contribution in [3.05, 3.63) is 110 Å². The minimum Gasteiger partial charge on any atom is -0.493 e. The molecule has 3 aromatic carbocycles. The quantitative estimate of drug-likeness (QED) is 0.252. The second-order valence-corrected chi connectivity index (χ2v) is 13.9. The van der Waals surface area contributed by atoms with Crippen molar-refractivity contribution in [1.29, 1.82) is 0 Å². The van der Waals surface area contributed by atoms with Crippen molar-refractivity contribution in [3.63, 3.8) is 0 Å². The molecule has 5 heterocycles. The summed E-state index contributed by atoms with van der Waals surface area (Å²) in [5.74, 6) is 2.72. The standard InChI is InChI=1S/C12H17NO.C11H16N2.C10H14N2.C9H14N4.C2H6/c1-2-4-12(5-3-1)14-10-11-6-8-13-9-7-11;1-12-7-9-13(10-8-12)11-5-3-2-4-6-11;1-2-4-10(5-3-1)12-8-6-11-7-9-12;1-12-4-6-13(7-5-12)9-8-10-2-3-11-9;1-2/h1-5,11,13H,6-10H2;2-6H,7-10H2,1H3;1-5,11H,6-9H2;2-3,8H,4-7H2,1H3;1-2H3. The summed E-state index contributed by atoms with van der Waals surface area (Å²) in [5.41, 5.74) is 2.70. The van der Waals surface area contributed by atoms with E-state index >= 15 is 0 Å². The fourth-order valence-electron chi connectivity index (χ4n) is 6.53. The third-order valence-corrected chi connectivity index (χ3v) is 9.93. The first-order valence-electron chi connectivity index (χ1n) is 20.2. The Bertz CT molecular complexity index is 1380. The van der Waals surface area contributed by atoms with Crippen LogP contribution in [0.2, 0.25) is 0 Å². The van der Waals surface area contributed by atoms with Crippen LogP contribution >= 0.6 is 0 Å². The highest BCUT2D eigenvalue weighted by Crippen LogP contribution is 2.17. The average Bonchev–Trinajstić information content (AvgIpc) is 3.27. The van der Waals surface area contributed by atoms with Gasteiger partial charge in [0.25, 0.3) is 0 Å². The fourth-order valence-corrected chi connectivity index (χ4v) is 6.53. The monoisotopic (exact) mass is 738 g/mol. The van der Waals surface area contributed by atoms with Gasteiger partial charge in [0.1, 0.15) is 11.6 Å². The molecule has 8 rings (SSSR count).